The summed E-state index contributed by atoms with van der Waals surface area (Å²) >= 11 is 3.17. The van der Waals surface area contributed by atoms with Gasteiger partial charge in [-0.05, 0) is 22.0 Å². The van der Waals surface area contributed by atoms with E-state index in [9.17, 15) is 21.6 Å². The second-order valence-electron chi connectivity index (χ2n) is 5.33. The highest BCUT2D eigenvalue weighted by Gasteiger charge is 2.34. The molecule has 3 aromatic rings. The van der Waals surface area contributed by atoms with Crippen LogP contribution < -0.4 is 0 Å². The van der Waals surface area contributed by atoms with E-state index in [0.29, 0.717) is 4.47 Å². The van der Waals surface area contributed by atoms with Crippen molar-refractivity contribution in [1.82, 2.24) is 24.7 Å². The van der Waals surface area contributed by atoms with Gasteiger partial charge in [0.25, 0.3) is 0 Å². The molecule has 0 aliphatic rings. The van der Waals surface area contributed by atoms with Gasteiger partial charge < -0.3 is 4.57 Å². The smallest absolute Gasteiger partial charge is 0.309 e. The fourth-order valence-electron chi connectivity index (χ4n) is 2.32. The van der Waals surface area contributed by atoms with Crippen molar-refractivity contribution in [1.29, 1.82) is 0 Å². The molecule has 138 valence electrons. The number of aromatic nitrogens is 5. The summed E-state index contributed by atoms with van der Waals surface area (Å²) in [5, 5.41) is 6.73. The first kappa shape index (κ1) is 18.7. The van der Waals surface area contributed by atoms with Gasteiger partial charge in [0.05, 0.1) is 10.6 Å². The summed E-state index contributed by atoms with van der Waals surface area (Å²) in [5.74, 6) is -0.0896. The molecule has 0 aliphatic heterocycles. The highest BCUT2D eigenvalue weighted by Crippen LogP contribution is 2.32. The van der Waals surface area contributed by atoms with E-state index < -0.39 is 21.7 Å². The van der Waals surface area contributed by atoms with Gasteiger partial charge in [0.15, 0.2) is 27.0 Å². The molecule has 0 saturated carbocycles. The Kier molecular flexibility index (Phi) is 4.51. The highest BCUT2D eigenvalue weighted by atomic mass is 79.9. The van der Waals surface area contributed by atoms with E-state index in [2.05, 4.69) is 36.1 Å². The maximum atomic E-state index is 12.8. The van der Waals surface area contributed by atoms with Crippen LogP contribution in [0.5, 0.6) is 0 Å². The third-order valence-electron chi connectivity index (χ3n) is 3.65. The van der Waals surface area contributed by atoms with Crippen molar-refractivity contribution in [3.8, 4) is 11.5 Å². The van der Waals surface area contributed by atoms with E-state index in [-0.39, 0.29) is 33.3 Å². The Hall–Kier alpha value is -2.08. The molecule has 0 aromatic carbocycles. The Labute approximate surface area is 154 Å². The van der Waals surface area contributed by atoms with Crippen molar-refractivity contribution >= 4 is 36.9 Å². The van der Waals surface area contributed by atoms with Gasteiger partial charge in [0.1, 0.15) is 11.2 Å². The average Bonchev–Trinajstić information content (AvgIpc) is 2.90. The quantitative estimate of drug-likeness (QED) is 0.610. The predicted octanol–water partition coefficient (Wildman–Crippen LogP) is 3.00. The van der Waals surface area contributed by atoms with E-state index in [4.69, 9.17) is 0 Å². The molecule has 0 saturated heterocycles. The summed E-state index contributed by atoms with van der Waals surface area (Å²) in [6.45, 7) is 1.48. The molecule has 3 rings (SSSR count). The minimum Gasteiger partial charge on any atom is -0.309 e. The molecule has 3 heterocycles. The van der Waals surface area contributed by atoms with E-state index in [1.54, 1.807) is 0 Å². The van der Waals surface area contributed by atoms with Crippen LogP contribution in [0.25, 0.3) is 22.7 Å². The summed E-state index contributed by atoms with van der Waals surface area (Å²) in [6, 6.07) is 2.14. The van der Waals surface area contributed by atoms with Crippen molar-refractivity contribution in [3.05, 3.63) is 28.5 Å². The van der Waals surface area contributed by atoms with Gasteiger partial charge in [-0.3, -0.25) is 4.98 Å². The number of aryl methyl sites for hydroxylation is 1. The van der Waals surface area contributed by atoms with Crippen LogP contribution >= 0.6 is 15.9 Å². The number of halogens is 4. The molecule has 0 atom stereocenters. The van der Waals surface area contributed by atoms with Crippen LogP contribution in [-0.2, 0) is 23.1 Å². The molecule has 0 radical (unpaired) electrons. The molecule has 0 fully saturated rings. The van der Waals surface area contributed by atoms with E-state index >= 15 is 0 Å². The van der Waals surface area contributed by atoms with Crippen molar-refractivity contribution in [2.75, 3.05) is 5.75 Å². The number of sulfone groups is 1. The molecule has 0 spiro atoms. The molecule has 7 nitrogen and oxygen atoms in total. The summed E-state index contributed by atoms with van der Waals surface area (Å²) in [4.78, 5) is 8.15. The molecule has 3 aromatic heterocycles. The fraction of sp³-hybridized carbons (Fsp3) is 0.286. The van der Waals surface area contributed by atoms with Crippen LogP contribution in [0, 0.1) is 0 Å². The van der Waals surface area contributed by atoms with E-state index in [1.807, 2.05) is 0 Å². The summed E-state index contributed by atoms with van der Waals surface area (Å²) in [6.07, 6.45) is -3.28. The lowest BCUT2D eigenvalue weighted by molar-refractivity contribution is -0.141. The third-order valence-corrected chi connectivity index (χ3v) is 5.83. The van der Waals surface area contributed by atoms with E-state index in [0.717, 1.165) is 6.07 Å². The molecule has 0 bridgehead atoms. The van der Waals surface area contributed by atoms with Gasteiger partial charge in [0.2, 0.25) is 0 Å². The van der Waals surface area contributed by atoms with Crippen molar-refractivity contribution in [2.45, 2.75) is 18.0 Å². The zero-order chi connectivity index (χ0) is 19.3. The van der Waals surface area contributed by atoms with Crippen LogP contribution in [0.1, 0.15) is 12.6 Å². The van der Waals surface area contributed by atoms with Gasteiger partial charge in [-0.25, -0.2) is 13.4 Å². The number of hydrogen-bond donors (Lipinski definition) is 0. The van der Waals surface area contributed by atoms with Crippen LogP contribution in [-0.4, -0.2) is 38.9 Å². The molecule has 0 N–H and O–H groups in total. The monoisotopic (exact) mass is 449 g/mol. The number of alkyl halides is 3. The lowest BCUT2D eigenvalue weighted by Crippen LogP contribution is -2.09. The number of rotatable bonds is 3. The number of nitrogens with zero attached hydrogens (tertiary/aromatic N) is 5. The highest BCUT2D eigenvalue weighted by molar-refractivity contribution is 9.10. The SMILES string of the molecule is CCS(=O)(=O)c1cc(Br)cnc1-c1nc2cc(C(F)(F)F)nnc2n1C. The summed E-state index contributed by atoms with van der Waals surface area (Å²) in [7, 11) is -2.15. The molecule has 12 heteroatoms. The van der Waals surface area contributed by atoms with Gasteiger partial charge in [-0.1, -0.05) is 6.92 Å². The number of pyridine rings is 1. The first-order chi connectivity index (χ1) is 12.0. The topological polar surface area (TPSA) is 90.6 Å². The Morgan fingerprint density at radius 3 is 2.54 bits per heavy atom. The third kappa shape index (κ3) is 3.18. The molecule has 0 amide bonds. The molecule has 26 heavy (non-hydrogen) atoms. The fourth-order valence-corrected chi connectivity index (χ4v) is 3.86. The molecular formula is C14H11BrF3N5O2S. The molecular weight excluding hydrogens is 439 g/mol. The summed E-state index contributed by atoms with van der Waals surface area (Å²) in [5.41, 5.74) is -1.13. The Morgan fingerprint density at radius 1 is 1.23 bits per heavy atom. The molecule has 0 unspecified atom stereocenters. The second kappa shape index (κ2) is 6.27. The van der Waals surface area contributed by atoms with Gasteiger partial charge in [-0.2, -0.15) is 13.2 Å². The number of hydrogen-bond acceptors (Lipinski definition) is 6. The van der Waals surface area contributed by atoms with Crippen LogP contribution in [0.3, 0.4) is 0 Å². The lowest BCUT2D eigenvalue weighted by Gasteiger charge is -2.09. The van der Waals surface area contributed by atoms with Crippen molar-refractivity contribution < 1.29 is 21.6 Å². The van der Waals surface area contributed by atoms with Gasteiger partial charge >= 0.3 is 6.18 Å². The zero-order valence-electron chi connectivity index (χ0n) is 13.4. The largest absolute Gasteiger partial charge is 0.435 e. The Morgan fingerprint density at radius 2 is 1.92 bits per heavy atom. The van der Waals surface area contributed by atoms with Crippen molar-refractivity contribution in [2.24, 2.45) is 7.05 Å². The minimum atomic E-state index is -4.66. The zero-order valence-corrected chi connectivity index (χ0v) is 15.8. The van der Waals surface area contributed by atoms with Crippen LogP contribution in [0.2, 0.25) is 0 Å². The van der Waals surface area contributed by atoms with Crippen molar-refractivity contribution in [3.63, 3.8) is 0 Å². The normalized spacial score (nSPS) is 12.7. The number of imidazole rings is 1. The summed E-state index contributed by atoms with van der Waals surface area (Å²) < 4.78 is 65.0. The first-order valence-electron chi connectivity index (χ1n) is 7.20. The second-order valence-corrected chi connectivity index (χ2v) is 8.50. The first-order valence-corrected chi connectivity index (χ1v) is 9.65. The minimum absolute atomic E-state index is 0.0316. The average molecular weight is 450 g/mol. The van der Waals surface area contributed by atoms with Gasteiger partial charge in [0, 0.05) is 23.8 Å². The van der Waals surface area contributed by atoms with Crippen LogP contribution in [0.4, 0.5) is 13.2 Å². The Bertz CT molecular complexity index is 1110. The van der Waals surface area contributed by atoms with E-state index in [1.165, 1.54) is 30.8 Å². The maximum absolute atomic E-state index is 12.8. The van der Waals surface area contributed by atoms with Gasteiger partial charge in [-0.15, -0.1) is 10.2 Å². The predicted molar refractivity (Wildman–Crippen MR) is 90.0 cm³/mol. The standard InChI is InChI=1S/C14H11BrF3N5O2S/c1-3-26(24,25)9-4-7(15)6-19-11(9)13-20-8-5-10(14(16,17)18)21-22-12(8)23(13)2/h4-6H,3H2,1-2H3. The molecule has 0 aliphatic carbocycles. The Balaban J connectivity index is 2.29. The van der Waals surface area contributed by atoms with Crippen LogP contribution in [0.15, 0.2) is 27.7 Å². The lowest BCUT2D eigenvalue weighted by atomic mass is 10.3. The maximum Gasteiger partial charge on any atom is 0.435 e. The number of fused-ring (bicyclic) bond motifs is 1.